The standard InChI is InChI=1S/C16H21N3S/c1-16(2,15-18-9-10-20-15)19-11-12-5-3-7-14-13(12)6-4-8-17-14/h3,5,7,9-10,17,19H,4,6,8,11H2,1-2H3. The van der Waals surface area contributed by atoms with Crippen LogP contribution in [-0.2, 0) is 18.5 Å². The first-order valence-electron chi connectivity index (χ1n) is 7.16. The van der Waals surface area contributed by atoms with E-state index in [1.807, 2.05) is 11.6 Å². The van der Waals surface area contributed by atoms with E-state index in [0.29, 0.717) is 0 Å². The van der Waals surface area contributed by atoms with Crippen LogP contribution in [0, 0.1) is 0 Å². The molecule has 1 aromatic heterocycles. The summed E-state index contributed by atoms with van der Waals surface area (Å²) in [6, 6.07) is 6.56. The van der Waals surface area contributed by atoms with Crippen LogP contribution in [0.5, 0.6) is 0 Å². The lowest BCUT2D eigenvalue weighted by Gasteiger charge is -2.26. The molecule has 0 atom stereocenters. The molecule has 3 rings (SSSR count). The summed E-state index contributed by atoms with van der Waals surface area (Å²) >= 11 is 1.71. The van der Waals surface area contributed by atoms with Gasteiger partial charge < -0.3 is 10.6 Å². The second-order valence-corrected chi connectivity index (χ2v) is 6.68. The Hall–Kier alpha value is -1.39. The molecule has 0 radical (unpaired) electrons. The van der Waals surface area contributed by atoms with Gasteiger partial charge in [-0.15, -0.1) is 11.3 Å². The largest absolute Gasteiger partial charge is 0.385 e. The summed E-state index contributed by atoms with van der Waals surface area (Å²) in [5, 5.41) is 10.3. The van der Waals surface area contributed by atoms with Gasteiger partial charge in [-0.25, -0.2) is 4.98 Å². The Kier molecular flexibility index (Phi) is 3.76. The van der Waals surface area contributed by atoms with Gasteiger partial charge in [-0.1, -0.05) is 12.1 Å². The van der Waals surface area contributed by atoms with Gasteiger partial charge in [0.05, 0.1) is 5.54 Å². The number of rotatable bonds is 4. The minimum absolute atomic E-state index is 0.0843. The molecule has 2 aromatic rings. The second kappa shape index (κ2) is 5.54. The molecule has 3 nitrogen and oxygen atoms in total. The monoisotopic (exact) mass is 287 g/mol. The summed E-state index contributed by atoms with van der Waals surface area (Å²) in [5.74, 6) is 0. The van der Waals surface area contributed by atoms with Crippen LogP contribution >= 0.6 is 11.3 Å². The summed E-state index contributed by atoms with van der Waals surface area (Å²) in [5.41, 5.74) is 4.10. The van der Waals surface area contributed by atoms with Crippen LogP contribution < -0.4 is 10.6 Å². The molecule has 0 fully saturated rings. The van der Waals surface area contributed by atoms with Crippen molar-refractivity contribution in [3.8, 4) is 0 Å². The average molecular weight is 287 g/mol. The van der Waals surface area contributed by atoms with E-state index in [1.165, 1.54) is 29.7 Å². The number of nitrogens with zero attached hydrogens (tertiary/aromatic N) is 1. The van der Waals surface area contributed by atoms with Crippen LogP contribution in [0.4, 0.5) is 5.69 Å². The van der Waals surface area contributed by atoms with Crippen LogP contribution in [0.1, 0.15) is 36.4 Å². The molecule has 0 aliphatic carbocycles. The van der Waals surface area contributed by atoms with Crippen molar-refractivity contribution in [1.82, 2.24) is 10.3 Å². The molecule has 1 aromatic carbocycles. The molecule has 0 unspecified atom stereocenters. The number of benzene rings is 1. The summed E-state index contributed by atoms with van der Waals surface area (Å²) < 4.78 is 0. The Morgan fingerprint density at radius 2 is 2.30 bits per heavy atom. The number of aromatic nitrogens is 1. The Morgan fingerprint density at radius 1 is 1.40 bits per heavy atom. The Balaban J connectivity index is 1.76. The normalized spacial score (nSPS) is 14.7. The molecule has 0 spiro atoms. The van der Waals surface area contributed by atoms with Gasteiger partial charge >= 0.3 is 0 Å². The third kappa shape index (κ3) is 2.72. The maximum Gasteiger partial charge on any atom is 0.112 e. The summed E-state index contributed by atoms with van der Waals surface area (Å²) in [4.78, 5) is 4.43. The molecule has 0 saturated carbocycles. The highest BCUT2D eigenvalue weighted by molar-refractivity contribution is 7.09. The lowest BCUT2D eigenvalue weighted by Crippen LogP contribution is -2.36. The topological polar surface area (TPSA) is 37.0 Å². The van der Waals surface area contributed by atoms with Crippen LogP contribution in [0.15, 0.2) is 29.8 Å². The first-order chi connectivity index (χ1) is 9.67. The van der Waals surface area contributed by atoms with Gasteiger partial charge in [0.15, 0.2) is 0 Å². The summed E-state index contributed by atoms with van der Waals surface area (Å²) in [6.07, 6.45) is 4.27. The van der Waals surface area contributed by atoms with E-state index in [9.17, 15) is 0 Å². The maximum atomic E-state index is 4.43. The number of anilines is 1. The van der Waals surface area contributed by atoms with Crippen LogP contribution in [0.25, 0.3) is 0 Å². The minimum Gasteiger partial charge on any atom is -0.385 e. The van der Waals surface area contributed by atoms with E-state index < -0.39 is 0 Å². The van der Waals surface area contributed by atoms with E-state index in [0.717, 1.165) is 18.1 Å². The predicted molar refractivity (Wildman–Crippen MR) is 85.2 cm³/mol. The number of hydrogen-bond donors (Lipinski definition) is 2. The fourth-order valence-corrected chi connectivity index (χ4v) is 3.41. The van der Waals surface area contributed by atoms with Crippen LogP contribution in [0.3, 0.4) is 0 Å². The first-order valence-corrected chi connectivity index (χ1v) is 8.04. The second-order valence-electron chi connectivity index (χ2n) is 5.79. The van der Waals surface area contributed by atoms with E-state index in [4.69, 9.17) is 0 Å². The molecular weight excluding hydrogens is 266 g/mol. The van der Waals surface area contributed by atoms with Gasteiger partial charge in [-0.2, -0.15) is 0 Å². The molecular formula is C16H21N3S. The van der Waals surface area contributed by atoms with Gasteiger partial charge in [-0.05, 0) is 43.9 Å². The van der Waals surface area contributed by atoms with Crippen molar-refractivity contribution in [2.45, 2.75) is 38.8 Å². The van der Waals surface area contributed by atoms with E-state index in [-0.39, 0.29) is 5.54 Å². The van der Waals surface area contributed by atoms with E-state index in [1.54, 1.807) is 11.3 Å². The molecule has 0 saturated heterocycles. The molecule has 4 heteroatoms. The molecule has 2 heterocycles. The zero-order chi connectivity index (χ0) is 14.0. The van der Waals surface area contributed by atoms with Crippen molar-refractivity contribution < 1.29 is 0 Å². The molecule has 1 aliphatic rings. The SMILES string of the molecule is CC(C)(NCc1cccc2c1CCCN2)c1nccs1. The molecule has 0 bridgehead atoms. The number of fused-ring (bicyclic) bond motifs is 1. The van der Waals surface area contributed by atoms with Gasteiger partial charge in [0.2, 0.25) is 0 Å². The predicted octanol–water partition coefficient (Wildman–Crippen LogP) is 3.53. The third-order valence-electron chi connectivity index (χ3n) is 3.88. The Morgan fingerprint density at radius 3 is 3.10 bits per heavy atom. The zero-order valence-electron chi connectivity index (χ0n) is 12.1. The summed E-state index contributed by atoms with van der Waals surface area (Å²) in [7, 11) is 0. The van der Waals surface area contributed by atoms with Crippen LogP contribution in [0.2, 0.25) is 0 Å². The van der Waals surface area contributed by atoms with Gasteiger partial charge in [0, 0.05) is 30.4 Å². The smallest absolute Gasteiger partial charge is 0.112 e. The van der Waals surface area contributed by atoms with E-state index in [2.05, 4.69) is 47.7 Å². The Bertz CT molecular complexity index is 575. The number of nitrogens with one attached hydrogen (secondary N) is 2. The highest BCUT2D eigenvalue weighted by Gasteiger charge is 2.23. The quantitative estimate of drug-likeness (QED) is 0.903. The lowest BCUT2D eigenvalue weighted by molar-refractivity contribution is 0.398. The average Bonchev–Trinajstić information content (AvgIpc) is 3.00. The van der Waals surface area contributed by atoms with Gasteiger partial charge in [-0.3, -0.25) is 0 Å². The van der Waals surface area contributed by atoms with Crippen molar-refractivity contribution in [2.24, 2.45) is 0 Å². The summed E-state index contributed by atoms with van der Waals surface area (Å²) in [6.45, 7) is 6.37. The van der Waals surface area contributed by atoms with Crippen molar-refractivity contribution in [3.63, 3.8) is 0 Å². The number of thiazole rings is 1. The molecule has 0 amide bonds. The van der Waals surface area contributed by atoms with Crippen molar-refractivity contribution in [1.29, 1.82) is 0 Å². The van der Waals surface area contributed by atoms with E-state index >= 15 is 0 Å². The maximum absolute atomic E-state index is 4.43. The number of hydrogen-bond acceptors (Lipinski definition) is 4. The molecule has 1 aliphatic heterocycles. The lowest BCUT2D eigenvalue weighted by atomic mass is 9.96. The Labute approximate surface area is 124 Å². The van der Waals surface area contributed by atoms with Gasteiger partial charge in [0.1, 0.15) is 5.01 Å². The fraction of sp³-hybridized carbons (Fsp3) is 0.438. The minimum atomic E-state index is -0.0843. The zero-order valence-corrected chi connectivity index (χ0v) is 12.9. The molecule has 2 N–H and O–H groups in total. The highest BCUT2D eigenvalue weighted by atomic mass is 32.1. The van der Waals surface area contributed by atoms with Crippen LogP contribution in [-0.4, -0.2) is 11.5 Å². The van der Waals surface area contributed by atoms with Crippen molar-refractivity contribution in [2.75, 3.05) is 11.9 Å². The molecule has 20 heavy (non-hydrogen) atoms. The highest BCUT2D eigenvalue weighted by Crippen LogP contribution is 2.27. The first kappa shape index (κ1) is 13.6. The van der Waals surface area contributed by atoms with Crippen molar-refractivity contribution >= 4 is 17.0 Å². The van der Waals surface area contributed by atoms with Crippen molar-refractivity contribution in [3.05, 3.63) is 45.9 Å². The van der Waals surface area contributed by atoms with Gasteiger partial charge in [0.25, 0.3) is 0 Å². The third-order valence-corrected chi connectivity index (χ3v) is 4.98. The fourth-order valence-electron chi connectivity index (χ4n) is 2.67. The molecule has 106 valence electrons.